The van der Waals surface area contributed by atoms with Gasteiger partial charge in [0, 0.05) is 36.1 Å². The number of halogens is 1. The lowest BCUT2D eigenvalue weighted by atomic mass is 9.98. The van der Waals surface area contributed by atoms with Crippen LogP contribution in [0.3, 0.4) is 0 Å². The fourth-order valence-electron chi connectivity index (χ4n) is 4.42. The van der Waals surface area contributed by atoms with Crippen molar-refractivity contribution in [2.75, 3.05) is 19.8 Å². The van der Waals surface area contributed by atoms with E-state index in [2.05, 4.69) is 0 Å². The maximum Gasteiger partial charge on any atom is 0.344 e. The molecule has 1 fully saturated rings. The minimum absolute atomic E-state index is 0.0395. The van der Waals surface area contributed by atoms with Crippen LogP contribution in [0, 0.1) is 5.82 Å². The summed E-state index contributed by atoms with van der Waals surface area (Å²) in [5, 5.41) is 1.12. The molecule has 0 aliphatic carbocycles. The van der Waals surface area contributed by atoms with Crippen molar-refractivity contribution in [2.24, 2.45) is 0 Å². The number of carbonyl (C=O) groups is 1. The molecule has 0 N–H and O–H groups in total. The molecule has 1 aromatic heterocycles. The summed E-state index contributed by atoms with van der Waals surface area (Å²) in [6.07, 6.45) is 0.749. The average Bonchev–Trinajstić information content (AvgIpc) is 2.86. The Morgan fingerprint density at radius 2 is 1.58 bits per heavy atom. The molecule has 0 bridgehead atoms. The van der Waals surface area contributed by atoms with Crippen LogP contribution in [0.15, 0.2) is 88.1 Å². The lowest BCUT2D eigenvalue weighted by Gasteiger charge is -2.35. The summed E-state index contributed by atoms with van der Waals surface area (Å²) in [5.74, 6) is -0.555. The summed E-state index contributed by atoms with van der Waals surface area (Å²) in [4.78, 5) is 30.1. The second-order valence-corrected chi connectivity index (χ2v) is 8.21. The molecular formula is C27H23FN2O3. The number of amides is 1. The lowest BCUT2D eigenvalue weighted by Crippen LogP contribution is -2.47. The van der Waals surface area contributed by atoms with Gasteiger partial charge in [-0.3, -0.25) is 9.69 Å². The van der Waals surface area contributed by atoms with E-state index in [9.17, 15) is 14.0 Å². The summed E-state index contributed by atoms with van der Waals surface area (Å²) in [5.41, 5.74) is 1.48. The molecule has 166 valence electrons. The Morgan fingerprint density at radius 3 is 2.36 bits per heavy atom. The first kappa shape index (κ1) is 21.1. The molecule has 1 aliphatic rings. The van der Waals surface area contributed by atoms with E-state index in [0.717, 1.165) is 18.5 Å². The summed E-state index contributed by atoms with van der Waals surface area (Å²) < 4.78 is 19.8. The molecule has 1 aliphatic heterocycles. The highest BCUT2D eigenvalue weighted by Crippen LogP contribution is 2.31. The van der Waals surface area contributed by atoms with Gasteiger partial charge in [-0.25, -0.2) is 9.18 Å². The van der Waals surface area contributed by atoms with Crippen molar-refractivity contribution in [1.82, 2.24) is 9.80 Å². The molecule has 2 heterocycles. The van der Waals surface area contributed by atoms with Gasteiger partial charge in [0.05, 0.1) is 12.1 Å². The quantitative estimate of drug-likeness (QED) is 0.451. The molecule has 1 amide bonds. The number of benzene rings is 3. The van der Waals surface area contributed by atoms with E-state index in [0.29, 0.717) is 41.7 Å². The molecule has 0 radical (unpaired) electrons. The largest absolute Gasteiger partial charge is 0.416 e. The Hall–Kier alpha value is -3.77. The van der Waals surface area contributed by atoms with Crippen LogP contribution < -0.4 is 5.63 Å². The standard InChI is InChI=1S/C27H23FN2O3/c28-23-14-7-4-11-20(23)17-29-15-8-16-30(18-29)26(31)25-24(19-9-2-1-3-10-19)21-12-5-6-13-22(21)27(32)33-25/h1-7,9-14H,8,15-18H2. The third kappa shape index (κ3) is 4.17. The van der Waals surface area contributed by atoms with E-state index >= 15 is 0 Å². The van der Waals surface area contributed by atoms with Crippen LogP contribution in [0.4, 0.5) is 4.39 Å². The van der Waals surface area contributed by atoms with Crippen molar-refractivity contribution in [3.63, 3.8) is 0 Å². The number of carbonyl (C=O) groups excluding carboxylic acids is 1. The molecule has 0 spiro atoms. The molecular weight excluding hydrogens is 419 g/mol. The molecule has 0 saturated carbocycles. The second kappa shape index (κ2) is 9.00. The first-order chi connectivity index (χ1) is 16.1. The Morgan fingerprint density at radius 1 is 0.879 bits per heavy atom. The third-order valence-corrected chi connectivity index (χ3v) is 6.01. The van der Waals surface area contributed by atoms with E-state index in [4.69, 9.17) is 4.42 Å². The highest BCUT2D eigenvalue weighted by Gasteiger charge is 2.29. The molecule has 3 aromatic carbocycles. The zero-order valence-electron chi connectivity index (χ0n) is 18.0. The Balaban J connectivity index is 1.52. The highest BCUT2D eigenvalue weighted by molar-refractivity contribution is 6.07. The number of hydrogen-bond acceptors (Lipinski definition) is 4. The predicted molar refractivity (Wildman–Crippen MR) is 125 cm³/mol. The van der Waals surface area contributed by atoms with Crippen LogP contribution in [0.25, 0.3) is 21.9 Å². The minimum Gasteiger partial charge on any atom is -0.416 e. The predicted octanol–water partition coefficient (Wildman–Crippen LogP) is 4.90. The molecule has 6 heteroatoms. The highest BCUT2D eigenvalue weighted by atomic mass is 19.1. The van der Waals surface area contributed by atoms with E-state index in [1.165, 1.54) is 6.07 Å². The molecule has 0 atom stereocenters. The maximum atomic E-state index is 14.1. The Labute approximate surface area is 190 Å². The van der Waals surface area contributed by atoms with Crippen molar-refractivity contribution in [3.05, 3.63) is 106 Å². The zero-order chi connectivity index (χ0) is 22.8. The topological polar surface area (TPSA) is 53.8 Å². The van der Waals surface area contributed by atoms with E-state index in [1.807, 2.05) is 47.4 Å². The van der Waals surface area contributed by atoms with E-state index < -0.39 is 5.63 Å². The van der Waals surface area contributed by atoms with Gasteiger partial charge >= 0.3 is 5.63 Å². The fraction of sp³-hybridized carbons (Fsp3) is 0.185. The molecule has 5 nitrogen and oxygen atoms in total. The third-order valence-electron chi connectivity index (χ3n) is 6.01. The lowest BCUT2D eigenvalue weighted by molar-refractivity contribution is 0.0447. The van der Waals surface area contributed by atoms with Crippen LogP contribution in [0.2, 0.25) is 0 Å². The van der Waals surface area contributed by atoms with Crippen molar-refractivity contribution < 1.29 is 13.6 Å². The summed E-state index contributed by atoms with van der Waals surface area (Å²) in [6.45, 7) is 2.03. The smallest absolute Gasteiger partial charge is 0.344 e. The van der Waals surface area contributed by atoms with Gasteiger partial charge in [0.1, 0.15) is 5.82 Å². The normalized spacial score (nSPS) is 14.5. The zero-order valence-corrected chi connectivity index (χ0v) is 18.0. The van der Waals surface area contributed by atoms with Crippen molar-refractivity contribution in [1.29, 1.82) is 0 Å². The molecule has 4 aromatic rings. The summed E-state index contributed by atoms with van der Waals surface area (Å²) >= 11 is 0. The second-order valence-electron chi connectivity index (χ2n) is 8.21. The van der Waals surface area contributed by atoms with Gasteiger partial charge in [-0.15, -0.1) is 0 Å². The van der Waals surface area contributed by atoms with Gasteiger partial charge < -0.3 is 9.32 Å². The van der Waals surface area contributed by atoms with Crippen molar-refractivity contribution in [2.45, 2.75) is 13.0 Å². The van der Waals surface area contributed by atoms with Crippen molar-refractivity contribution >= 4 is 16.7 Å². The van der Waals surface area contributed by atoms with Gasteiger partial charge in [-0.05, 0) is 24.1 Å². The number of nitrogens with zero attached hydrogens (tertiary/aromatic N) is 2. The maximum absolute atomic E-state index is 14.1. The number of hydrogen-bond donors (Lipinski definition) is 0. The summed E-state index contributed by atoms with van der Waals surface area (Å²) in [7, 11) is 0. The van der Waals surface area contributed by atoms with Crippen LogP contribution in [-0.4, -0.2) is 35.5 Å². The van der Waals surface area contributed by atoms with Gasteiger partial charge in [-0.1, -0.05) is 66.7 Å². The first-order valence-electron chi connectivity index (χ1n) is 11.0. The molecule has 0 unspecified atom stereocenters. The van der Waals surface area contributed by atoms with Crippen LogP contribution >= 0.6 is 0 Å². The fourth-order valence-corrected chi connectivity index (χ4v) is 4.42. The van der Waals surface area contributed by atoms with Crippen LogP contribution in [0.5, 0.6) is 0 Å². The van der Waals surface area contributed by atoms with E-state index in [-0.39, 0.29) is 17.5 Å². The minimum atomic E-state index is -0.533. The summed E-state index contributed by atoms with van der Waals surface area (Å²) in [6, 6.07) is 23.3. The molecule has 1 saturated heterocycles. The van der Waals surface area contributed by atoms with Gasteiger partial charge in [0.2, 0.25) is 5.76 Å². The first-order valence-corrected chi connectivity index (χ1v) is 11.0. The molecule has 5 rings (SSSR count). The van der Waals surface area contributed by atoms with Gasteiger partial charge in [-0.2, -0.15) is 0 Å². The van der Waals surface area contributed by atoms with E-state index in [1.54, 1.807) is 35.2 Å². The van der Waals surface area contributed by atoms with Crippen LogP contribution in [0.1, 0.15) is 22.5 Å². The van der Waals surface area contributed by atoms with Gasteiger partial charge in [0.25, 0.3) is 5.91 Å². The van der Waals surface area contributed by atoms with Gasteiger partial charge in [0.15, 0.2) is 0 Å². The van der Waals surface area contributed by atoms with Crippen molar-refractivity contribution in [3.8, 4) is 11.1 Å². The molecule has 33 heavy (non-hydrogen) atoms. The number of rotatable bonds is 4. The Kier molecular flexibility index (Phi) is 5.75. The SMILES string of the molecule is O=C(c1oc(=O)c2ccccc2c1-c1ccccc1)N1CCCN(Cc2ccccc2F)C1. The Bertz CT molecular complexity index is 1370. The number of fused-ring (bicyclic) bond motifs is 1. The average molecular weight is 442 g/mol. The van der Waals surface area contributed by atoms with Crippen LogP contribution in [-0.2, 0) is 6.54 Å². The monoisotopic (exact) mass is 442 g/mol.